The highest BCUT2D eigenvalue weighted by molar-refractivity contribution is 6.32. The first-order valence-corrected chi connectivity index (χ1v) is 12.9. The van der Waals surface area contributed by atoms with Crippen LogP contribution in [0.4, 0.5) is 0 Å². The number of nitrogens with two attached hydrogens (primary N) is 1. The maximum Gasteiger partial charge on any atom is 0.235 e. The van der Waals surface area contributed by atoms with Crippen molar-refractivity contribution in [1.82, 2.24) is 9.80 Å². The number of likely N-dealkylation sites (N-methyl/N-ethyl adjacent to an activating group) is 1. The Bertz CT molecular complexity index is 1200. The van der Waals surface area contributed by atoms with Crippen LogP contribution in [0.1, 0.15) is 47.2 Å². The molecule has 4 N–H and O–H groups in total. The smallest absolute Gasteiger partial charge is 0.235 e. The predicted molar refractivity (Wildman–Crippen MR) is 130 cm³/mol. The zero-order valence-electron chi connectivity index (χ0n) is 21.1. The number of fused-ring (bicyclic) bond motifs is 3. The van der Waals surface area contributed by atoms with Crippen molar-refractivity contribution in [3.63, 3.8) is 0 Å². The molecule has 37 heavy (non-hydrogen) atoms. The van der Waals surface area contributed by atoms with Crippen LogP contribution in [0.15, 0.2) is 12.1 Å². The van der Waals surface area contributed by atoms with Gasteiger partial charge in [-0.25, -0.2) is 0 Å². The van der Waals surface area contributed by atoms with Gasteiger partial charge in [-0.15, -0.1) is 0 Å². The Balaban J connectivity index is 1.54. The summed E-state index contributed by atoms with van der Waals surface area (Å²) in [6.45, 7) is 2.28. The number of amides is 1. The van der Waals surface area contributed by atoms with Gasteiger partial charge >= 0.3 is 0 Å². The number of ketones is 4. The normalized spacial score (nSPS) is 34.2. The maximum atomic E-state index is 13.8. The number of primary amides is 1. The van der Waals surface area contributed by atoms with Crippen LogP contribution in [-0.4, -0.2) is 87.9 Å². The lowest BCUT2D eigenvalue weighted by molar-refractivity contribution is -0.181. The van der Waals surface area contributed by atoms with Gasteiger partial charge in [0, 0.05) is 18.0 Å². The number of nitrogens with zero attached hydrogens (tertiary/aromatic N) is 2. The topological polar surface area (TPSA) is 158 Å². The number of carbonyl (C=O) groups excluding carboxylic acids is 5. The van der Waals surface area contributed by atoms with Crippen LogP contribution >= 0.6 is 0 Å². The molecule has 2 unspecified atom stereocenters. The van der Waals surface area contributed by atoms with Gasteiger partial charge in [0.2, 0.25) is 5.91 Å². The molecule has 1 aromatic rings. The molecule has 3 fully saturated rings. The molecule has 1 aliphatic heterocycles. The fraction of sp³-hybridized carbons (Fsp3) is 0.593. The second kappa shape index (κ2) is 9.11. The summed E-state index contributed by atoms with van der Waals surface area (Å²) in [5.74, 6) is -10.0. The Morgan fingerprint density at radius 2 is 1.78 bits per heavy atom. The summed E-state index contributed by atoms with van der Waals surface area (Å²) in [6.07, 6.45) is 3.64. The summed E-state index contributed by atoms with van der Waals surface area (Å²) in [5, 5.41) is 22.7. The van der Waals surface area contributed by atoms with E-state index in [1.807, 2.05) is 6.07 Å². The molecule has 4 aliphatic rings. The SMILES string of the molecule is CN(C)[C@@H]1C(=O)C(C(N)=O)C(=O)[C@@]2(O)C(=O)C3C(=O)c4c(ccc(CN5CCCCC5)c4O)C[C@H]3C[C@@H]12. The number of aromatic hydroxyl groups is 1. The van der Waals surface area contributed by atoms with E-state index in [9.17, 15) is 34.2 Å². The lowest BCUT2D eigenvalue weighted by Crippen LogP contribution is -2.74. The van der Waals surface area contributed by atoms with E-state index in [2.05, 4.69) is 4.90 Å². The summed E-state index contributed by atoms with van der Waals surface area (Å²) in [4.78, 5) is 69.8. The molecule has 198 valence electrons. The van der Waals surface area contributed by atoms with Gasteiger partial charge in [0.15, 0.2) is 34.7 Å². The molecule has 1 heterocycles. The van der Waals surface area contributed by atoms with Crippen molar-refractivity contribution in [3.8, 4) is 5.75 Å². The van der Waals surface area contributed by atoms with Gasteiger partial charge in [0.05, 0.1) is 17.5 Å². The van der Waals surface area contributed by atoms with Crippen molar-refractivity contribution in [2.24, 2.45) is 29.4 Å². The van der Waals surface area contributed by atoms with Crippen LogP contribution < -0.4 is 5.73 Å². The summed E-state index contributed by atoms with van der Waals surface area (Å²) in [6, 6.07) is 2.52. The Morgan fingerprint density at radius 3 is 2.41 bits per heavy atom. The predicted octanol–water partition coefficient (Wildman–Crippen LogP) is -0.147. The van der Waals surface area contributed by atoms with E-state index in [1.165, 1.54) is 4.90 Å². The van der Waals surface area contributed by atoms with E-state index in [0.29, 0.717) is 17.7 Å². The van der Waals surface area contributed by atoms with Crippen LogP contribution in [0.3, 0.4) is 0 Å². The molecule has 3 aliphatic carbocycles. The second-order valence-electron chi connectivity index (χ2n) is 11.2. The summed E-state index contributed by atoms with van der Waals surface area (Å²) >= 11 is 0. The number of aliphatic hydroxyl groups is 1. The zero-order chi connectivity index (χ0) is 26.8. The first kappa shape index (κ1) is 25.7. The van der Waals surface area contributed by atoms with Crippen molar-refractivity contribution >= 4 is 29.0 Å². The number of piperidine rings is 1. The minimum absolute atomic E-state index is 0.0557. The number of rotatable bonds is 4. The average Bonchev–Trinajstić information content (AvgIpc) is 2.83. The quantitative estimate of drug-likeness (QED) is 0.468. The monoisotopic (exact) mass is 511 g/mol. The highest BCUT2D eigenvalue weighted by atomic mass is 16.3. The number of likely N-dealkylation sites (tertiary alicyclic amines) is 1. The molecule has 10 heteroatoms. The van der Waals surface area contributed by atoms with Gasteiger partial charge in [0.25, 0.3) is 0 Å². The number of Topliss-reactive ketones (excluding diaryl/α,β-unsaturated/α-hetero) is 4. The minimum Gasteiger partial charge on any atom is -0.507 e. The molecule has 6 atom stereocenters. The van der Waals surface area contributed by atoms with Crippen LogP contribution in [0.2, 0.25) is 0 Å². The standard InChI is InChI=1S/C27H33N3O7/c1-29(2)20-16-11-15-10-13-6-7-14(12-30-8-4-3-5-9-30)21(31)17(13)22(32)18(15)24(34)27(16,37)25(35)19(23(20)33)26(28)36/h6-7,15-16,18-20,31,37H,3-5,8-12H2,1-2H3,(H2,28,36)/t15-,16-,18?,19?,20-,27-/m0/s1. The highest BCUT2D eigenvalue weighted by Gasteiger charge is 2.69. The van der Waals surface area contributed by atoms with Gasteiger partial charge in [0.1, 0.15) is 5.75 Å². The fourth-order valence-electron chi connectivity index (χ4n) is 7.11. The van der Waals surface area contributed by atoms with Gasteiger partial charge in [-0.1, -0.05) is 18.6 Å². The Labute approximate surface area is 214 Å². The molecule has 1 amide bonds. The molecule has 1 aromatic carbocycles. The zero-order valence-corrected chi connectivity index (χ0v) is 21.1. The molecule has 2 saturated carbocycles. The number of hydrogen-bond donors (Lipinski definition) is 3. The summed E-state index contributed by atoms with van der Waals surface area (Å²) in [5.41, 5.74) is 3.90. The highest BCUT2D eigenvalue weighted by Crippen LogP contribution is 2.50. The van der Waals surface area contributed by atoms with Crippen molar-refractivity contribution in [3.05, 3.63) is 28.8 Å². The van der Waals surface area contributed by atoms with Crippen LogP contribution in [0.5, 0.6) is 5.75 Å². The summed E-state index contributed by atoms with van der Waals surface area (Å²) < 4.78 is 0. The molecule has 5 rings (SSSR count). The van der Waals surface area contributed by atoms with E-state index in [0.717, 1.165) is 32.4 Å². The second-order valence-corrected chi connectivity index (χ2v) is 11.2. The Kier molecular flexibility index (Phi) is 6.32. The first-order chi connectivity index (χ1) is 17.5. The van der Waals surface area contributed by atoms with E-state index in [1.54, 1.807) is 20.2 Å². The lowest BCUT2D eigenvalue weighted by Gasteiger charge is -2.52. The third kappa shape index (κ3) is 3.76. The lowest BCUT2D eigenvalue weighted by atomic mass is 9.52. The molecule has 0 spiro atoms. The molecule has 10 nitrogen and oxygen atoms in total. The van der Waals surface area contributed by atoms with Gasteiger partial charge in [-0.05, 0) is 64.3 Å². The molecule has 1 saturated heterocycles. The van der Waals surface area contributed by atoms with E-state index >= 15 is 0 Å². The number of phenolic OH excluding ortho intramolecular Hbond substituents is 1. The van der Waals surface area contributed by atoms with Gasteiger partial charge in [-0.2, -0.15) is 0 Å². The Morgan fingerprint density at radius 1 is 1.11 bits per heavy atom. The Hall–Kier alpha value is -2.95. The average molecular weight is 512 g/mol. The molecule has 0 radical (unpaired) electrons. The number of carbonyl (C=O) groups is 5. The van der Waals surface area contributed by atoms with E-state index in [4.69, 9.17) is 5.73 Å². The van der Waals surface area contributed by atoms with E-state index in [-0.39, 0.29) is 24.2 Å². The van der Waals surface area contributed by atoms with Crippen molar-refractivity contribution in [2.75, 3.05) is 27.2 Å². The molecular weight excluding hydrogens is 478 g/mol. The van der Waals surface area contributed by atoms with Crippen LogP contribution in [0, 0.1) is 23.7 Å². The van der Waals surface area contributed by atoms with Crippen LogP contribution in [-0.2, 0) is 32.1 Å². The molecule has 0 aromatic heterocycles. The summed E-state index contributed by atoms with van der Waals surface area (Å²) in [7, 11) is 3.13. The number of hydrogen-bond acceptors (Lipinski definition) is 9. The largest absolute Gasteiger partial charge is 0.507 e. The van der Waals surface area contributed by atoms with Crippen molar-refractivity contribution in [2.45, 2.75) is 50.3 Å². The molecule has 0 bridgehead atoms. The fourth-order valence-corrected chi connectivity index (χ4v) is 7.11. The van der Waals surface area contributed by atoms with Gasteiger partial charge in [-0.3, -0.25) is 33.8 Å². The third-order valence-electron chi connectivity index (χ3n) is 8.86. The molecular formula is C27H33N3O7. The van der Waals surface area contributed by atoms with E-state index < -0.39 is 64.4 Å². The van der Waals surface area contributed by atoms with Crippen LogP contribution in [0.25, 0.3) is 0 Å². The minimum atomic E-state index is -2.70. The van der Waals surface area contributed by atoms with Gasteiger partial charge < -0.3 is 15.9 Å². The third-order valence-corrected chi connectivity index (χ3v) is 8.86. The maximum absolute atomic E-state index is 13.8. The number of phenols is 1. The first-order valence-electron chi connectivity index (χ1n) is 12.9. The van der Waals surface area contributed by atoms with Crippen molar-refractivity contribution in [1.29, 1.82) is 0 Å². The van der Waals surface area contributed by atoms with Crippen molar-refractivity contribution < 1.29 is 34.2 Å². The number of benzene rings is 1.